The molecular weight excluding hydrogens is 404 g/mol. The van der Waals surface area contributed by atoms with Crippen molar-refractivity contribution in [2.24, 2.45) is 0 Å². The average molecular weight is 431 g/mol. The van der Waals surface area contributed by atoms with Crippen LogP contribution in [0, 0.1) is 0 Å². The number of fused-ring (bicyclic) bond motifs is 1. The third-order valence-corrected chi connectivity index (χ3v) is 6.76. The zero-order chi connectivity index (χ0) is 21.0. The lowest BCUT2D eigenvalue weighted by Gasteiger charge is -2.32. The Labute approximate surface area is 186 Å². The number of piperidine rings is 1. The lowest BCUT2D eigenvalue weighted by molar-refractivity contribution is 0.198. The molecule has 4 aromatic rings. The summed E-state index contributed by atoms with van der Waals surface area (Å²) < 4.78 is 0. The van der Waals surface area contributed by atoms with Crippen LogP contribution in [0.4, 0.5) is 10.9 Å². The molecule has 0 saturated carbocycles. The fourth-order valence-electron chi connectivity index (χ4n) is 4.23. The molecule has 6 nitrogen and oxygen atoms in total. The number of nitrogens with zero attached hydrogens (tertiary/aromatic N) is 5. The maximum atomic E-state index is 4.90. The van der Waals surface area contributed by atoms with Crippen LogP contribution in [-0.2, 0) is 13.0 Å². The summed E-state index contributed by atoms with van der Waals surface area (Å²) in [6, 6.07) is 17.0. The first-order valence-corrected chi connectivity index (χ1v) is 11.7. The lowest BCUT2D eigenvalue weighted by Crippen LogP contribution is -2.34. The second-order valence-corrected chi connectivity index (χ2v) is 9.09. The number of nitrogens with one attached hydrogen (secondary N) is 1. The Kier molecular flexibility index (Phi) is 5.86. The molecule has 5 rings (SSSR count). The van der Waals surface area contributed by atoms with E-state index in [1.165, 1.54) is 23.8 Å². The van der Waals surface area contributed by atoms with Gasteiger partial charge in [-0.05, 0) is 61.7 Å². The predicted molar refractivity (Wildman–Crippen MR) is 126 cm³/mol. The van der Waals surface area contributed by atoms with Crippen molar-refractivity contribution in [2.75, 3.05) is 18.4 Å². The first kappa shape index (κ1) is 20.0. The van der Waals surface area contributed by atoms with E-state index >= 15 is 0 Å². The molecule has 0 bridgehead atoms. The van der Waals surface area contributed by atoms with Crippen LogP contribution in [0.25, 0.3) is 10.9 Å². The monoisotopic (exact) mass is 430 g/mol. The molecule has 1 aliphatic rings. The van der Waals surface area contributed by atoms with Crippen molar-refractivity contribution < 1.29 is 0 Å². The molecule has 1 N–H and O–H groups in total. The van der Waals surface area contributed by atoms with E-state index in [1.54, 1.807) is 11.3 Å². The zero-order valence-corrected chi connectivity index (χ0v) is 18.5. The molecule has 4 heterocycles. The van der Waals surface area contributed by atoms with Crippen LogP contribution in [-0.4, -0.2) is 38.2 Å². The van der Waals surface area contributed by atoms with E-state index in [4.69, 9.17) is 4.98 Å². The SMILES string of the molecule is CCc1nnc(Nc2cccc(C3CCCN(Cc4ccc5ncccc5c4)C3)n2)s1. The van der Waals surface area contributed by atoms with Gasteiger partial charge in [0.2, 0.25) is 5.13 Å². The summed E-state index contributed by atoms with van der Waals surface area (Å²) in [5, 5.41) is 14.8. The molecule has 1 fully saturated rings. The normalized spacial score (nSPS) is 17.1. The summed E-state index contributed by atoms with van der Waals surface area (Å²) >= 11 is 1.59. The molecule has 31 heavy (non-hydrogen) atoms. The number of benzene rings is 1. The molecule has 158 valence electrons. The van der Waals surface area contributed by atoms with Gasteiger partial charge in [0.1, 0.15) is 10.8 Å². The number of likely N-dealkylation sites (tertiary alicyclic amines) is 1. The topological polar surface area (TPSA) is 66.8 Å². The Bertz CT molecular complexity index is 1170. The summed E-state index contributed by atoms with van der Waals surface area (Å²) in [6.45, 7) is 5.21. The highest BCUT2D eigenvalue weighted by molar-refractivity contribution is 7.15. The number of anilines is 2. The molecule has 0 spiro atoms. The van der Waals surface area contributed by atoms with E-state index in [1.807, 2.05) is 18.3 Å². The molecule has 1 atom stereocenters. The maximum Gasteiger partial charge on any atom is 0.211 e. The van der Waals surface area contributed by atoms with Crippen molar-refractivity contribution >= 4 is 33.2 Å². The minimum Gasteiger partial charge on any atom is -0.315 e. The van der Waals surface area contributed by atoms with E-state index in [9.17, 15) is 0 Å². The fourth-order valence-corrected chi connectivity index (χ4v) is 4.91. The van der Waals surface area contributed by atoms with Crippen molar-refractivity contribution in [1.29, 1.82) is 0 Å². The number of pyridine rings is 2. The quantitative estimate of drug-likeness (QED) is 0.455. The van der Waals surface area contributed by atoms with Crippen LogP contribution in [0.5, 0.6) is 0 Å². The molecular formula is C24H26N6S. The Morgan fingerprint density at radius 3 is 3.00 bits per heavy atom. The molecule has 0 radical (unpaired) electrons. The van der Waals surface area contributed by atoms with Gasteiger partial charge in [-0.1, -0.05) is 36.5 Å². The van der Waals surface area contributed by atoms with Gasteiger partial charge < -0.3 is 5.32 Å². The number of hydrogen-bond donors (Lipinski definition) is 1. The Morgan fingerprint density at radius 2 is 2.10 bits per heavy atom. The van der Waals surface area contributed by atoms with Gasteiger partial charge >= 0.3 is 0 Å². The standard InChI is InChI=1S/C24H26N6S/c1-2-23-28-29-24(31-23)27-22-9-3-8-21(26-22)19-7-5-13-30(16-19)15-17-10-11-20-18(14-17)6-4-12-25-20/h3-4,6,8-12,14,19H,2,5,7,13,15-16H2,1H3,(H,26,27,29). The van der Waals surface area contributed by atoms with Gasteiger partial charge in [-0.25, -0.2) is 4.98 Å². The third kappa shape index (κ3) is 4.73. The second-order valence-electron chi connectivity index (χ2n) is 8.03. The van der Waals surface area contributed by atoms with Gasteiger partial charge in [0.15, 0.2) is 0 Å². The van der Waals surface area contributed by atoms with Crippen LogP contribution in [0.15, 0.2) is 54.7 Å². The van der Waals surface area contributed by atoms with E-state index in [0.29, 0.717) is 5.92 Å². The third-order valence-electron chi connectivity index (χ3n) is 5.77. The van der Waals surface area contributed by atoms with E-state index in [2.05, 4.69) is 68.7 Å². The highest BCUT2D eigenvalue weighted by Crippen LogP contribution is 2.28. The molecule has 1 saturated heterocycles. The van der Waals surface area contributed by atoms with Gasteiger partial charge in [0.25, 0.3) is 0 Å². The van der Waals surface area contributed by atoms with Crippen LogP contribution in [0.1, 0.15) is 41.9 Å². The summed E-state index contributed by atoms with van der Waals surface area (Å²) in [6.07, 6.45) is 5.11. The first-order valence-electron chi connectivity index (χ1n) is 10.9. The van der Waals surface area contributed by atoms with Gasteiger partial charge in [-0.2, -0.15) is 0 Å². The van der Waals surface area contributed by atoms with Gasteiger partial charge in [0, 0.05) is 36.3 Å². The van der Waals surface area contributed by atoms with Crippen molar-refractivity contribution in [3.05, 3.63) is 71.0 Å². The van der Waals surface area contributed by atoms with E-state index in [-0.39, 0.29) is 0 Å². The molecule has 0 aliphatic carbocycles. The van der Waals surface area contributed by atoms with Crippen LogP contribution < -0.4 is 5.32 Å². The number of aromatic nitrogens is 4. The molecule has 1 aromatic carbocycles. The second kappa shape index (κ2) is 9.08. The van der Waals surface area contributed by atoms with Crippen LogP contribution in [0.3, 0.4) is 0 Å². The Balaban J connectivity index is 1.27. The first-order chi connectivity index (χ1) is 15.3. The largest absolute Gasteiger partial charge is 0.315 e. The van der Waals surface area contributed by atoms with Crippen LogP contribution >= 0.6 is 11.3 Å². The molecule has 3 aromatic heterocycles. The van der Waals surface area contributed by atoms with Gasteiger partial charge in [-0.15, -0.1) is 10.2 Å². The van der Waals surface area contributed by atoms with Gasteiger partial charge in [-0.3, -0.25) is 9.88 Å². The number of aryl methyl sites for hydroxylation is 1. The number of rotatable bonds is 6. The fraction of sp³-hybridized carbons (Fsp3) is 0.333. The van der Waals surface area contributed by atoms with Crippen molar-refractivity contribution in [3.63, 3.8) is 0 Å². The minimum absolute atomic E-state index is 0.443. The van der Waals surface area contributed by atoms with Crippen molar-refractivity contribution in [3.8, 4) is 0 Å². The molecule has 0 amide bonds. The molecule has 7 heteroatoms. The summed E-state index contributed by atoms with van der Waals surface area (Å²) in [7, 11) is 0. The van der Waals surface area contributed by atoms with Crippen molar-refractivity contribution in [1.82, 2.24) is 25.1 Å². The smallest absolute Gasteiger partial charge is 0.211 e. The Hall–Kier alpha value is -2.90. The van der Waals surface area contributed by atoms with E-state index < -0.39 is 0 Å². The zero-order valence-electron chi connectivity index (χ0n) is 17.7. The minimum atomic E-state index is 0.443. The lowest BCUT2D eigenvalue weighted by atomic mass is 9.94. The summed E-state index contributed by atoms with van der Waals surface area (Å²) in [4.78, 5) is 11.9. The van der Waals surface area contributed by atoms with Crippen LogP contribution in [0.2, 0.25) is 0 Å². The van der Waals surface area contributed by atoms with E-state index in [0.717, 1.165) is 53.2 Å². The van der Waals surface area contributed by atoms with Crippen molar-refractivity contribution in [2.45, 2.75) is 38.6 Å². The maximum absolute atomic E-state index is 4.90. The molecule has 1 unspecified atom stereocenters. The van der Waals surface area contributed by atoms with Gasteiger partial charge in [0.05, 0.1) is 5.52 Å². The summed E-state index contributed by atoms with van der Waals surface area (Å²) in [5.41, 5.74) is 3.54. The summed E-state index contributed by atoms with van der Waals surface area (Å²) in [5.74, 6) is 1.29. The average Bonchev–Trinajstić information content (AvgIpc) is 3.27. The molecule has 1 aliphatic heterocycles. The Morgan fingerprint density at radius 1 is 1.13 bits per heavy atom. The highest BCUT2D eigenvalue weighted by atomic mass is 32.1. The highest BCUT2D eigenvalue weighted by Gasteiger charge is 2.23. The predicted octanol–water partition coefficient (Wildman–Crippen LogP) is 5.17. The number of hydrogen-bond acceptors (Lipinski definition) is 7.